The summed E-state index contributed by atoms with van der Waals surface area (Å²) in [4.78, 5) is 41.9. The topological polar surface area (TPSA) is 124 Å². The zero-order valence-electron chi connectivity index (χ0n) is 26.1. The number of nitrogens with zero attached hydrogens (tertiary/aromatic N) is 3. The van der Waals surface area contributed by atoms with E-state index in [1.807, 2.05) is 63.0 Å². The number of aromatic nitrogens is 1. The van der Waals surface area contributed by atoms with Gasteiger partial charge in [0.15, 0.2) is 0 Å². The molecule has 0 spiro atoms. The van der Waals surface area contributed by atoms with Gasteiger partial charge in [0.1, 0.15) is 11.9 Å². The van der Waals surface area contributed by atoms with Crippen molar-refractivity contribution in [3.8, 4) is 5.75 Å². The highest BCUT2D eigenvalue weighted by atomic mass is 16.5. The molecule has 0 saturated heterocycles. The molecule has 10 nitrogen and oxygen atoms in total. The average Bonchev–Trinajstić information content (AvgIpc) is 3.33. The van der Waals surface area contributed by atoms with Crippen LogP contribution in [0.3, 0.4) is 0 Å². The van der Waals surface area contributed by atoms with Gasteiger partial charge in [0.25, 0.3) is 5.91 Å². The summed E-state index contributed by atoms with van der Waals surface area (Å²) in [5.74, 6) is -1.08. The maximum Gasteiger partial charge on any atom is 0.335 e. The van der Waals surface area contributed by atoms with Crippen LogP contribution in [0.2, 0.25) is 0 Å². The van der Waals surface area contributed by atoms with Crippen LogP contribution in [0, 0.1) is 5.92 Å². The number of aromatic carboxylic acids is 1. The van der Waals surface area contributed by atoms with Gasteiger partial charge < -0.3 is 29.7 Å². The highest BCUT2D eigenvalue weighted by Gasteiger charge is 2.33. The summed E-state index contributed by atoms with van der Waals surface area (Å²) in [6, 6.07) is 19.4. The number of rotatable bonds is 10. The third-order valence-corrected chi connectivity index (χ3v) is 8.42. The number of carbonyl (C=O) groups is 3. The Kier molecular flexibility index (Phi) is 9.55. The van der Waals surface area contributed by atoms with Gasteiger partial charge in [-0.25, -0.2) is 4.79 Å². The number of aliphatic hydroxyl groups excluding tert-OH is 1. The van der Waals surface area contributed by atoms with Gasteiger partial charge in [-0.05, 0) is 61.5 Å². The quantitative estimate of drug-likeness (QED) is 0.242. The van der Waals surface area contributed by atoms with Crippen molar-refractivity contribution in [3.05, 3.63) is 95.2 Å². The third kappa shape index (κ3) is 7.19. The number of aryl methyl sites for hydroxylation is 1. The number of ether oxygens (including phenoxy) is 1. The molecular formula is C35H40N4O6. The molecule has 0 bridgehead atoms. The van der Waals surface area contributed by atoms with Crippen molar-refractivity contribution in [2.45, 2.75) is 39.0 Å². The number of carboxylic acids is 1. The van der Waals surface area contributed by atoms with E-state index in [4.69, 9.17) is 4.74 Å². The van der Waals surface area contributed by atoms with Gasteiger partial charge in [0.2, 0.25) is 5.91 Å². The number of fused-ring (bicyclic) bond motifs is 2. The van der Waals surface area contributed by atoms with E-state index >= 15 is 0 Å². The second kappa shape index (κ2) is 13.5. The molecule has 45 heavy (non-hydrogen) atoms. The lowest BCUT2D eigenvalue weighted by molar-refractivity contribution is -0.115. The molecule has 1 aliphatic heterocycles. The number of likely N-dealkylation sites (N-methyl/N-ethyl adjacent to an activating group) is 1. The van der Waals surface area contributed by atoms with Crippen molar-refractivity contribution in [1.29, 1.82) is 0 Å². The molecular weight excluding hydrogens is 572 g/mol. The van der Waals surface area contributed by atoms with Crippen molar-refractivity contribution in [1.82, 2.24) is 14.4 Å². The van der Waals surface area contributed by atoms with Gasteiger partial charge in [0.05, 0.1) is 30.2 Å². The van der Waals surface area contributed by atoms with Crippen LogP contribution in [0.1, 0.15) is 45.7 Å². The van der Waals surface area contributed by atoms with E-state index in [1.165, 1.54) is 0 Å². The molecule has 236 valence electrons. The fourth-order valence-electron chi connectivity index (χ4n) is 5.90. The number of nitrogens with one attached hydrogen (secondary N) is 1. The molecule has 0 saturated carbocycles. The van der Waals surface area contributed by atoms with Crippen LogP contribution in [-0.4, -0.2) is 81.3 Å². The summed E-state index contributed by atoms with van der Waals surface area (Å²) in [5, 5.41) is 23.2. The Labute approximate surface area is 262 Å². The van der Waals surface area contributed by atoms with Crippen LogP contribution in [0.25, 0.3) is 10.9 Å². The van der Waals surface area contributed by atoms with E-state index in [2.05, 4.69) is 10.2 Å². The van der Waals surface area contributed by atoms with Crippen LogP contribution in [0.15, 0.2) is 72.9 Å². The first-order valence-electron chi connectivity index (χ1n) is 15.1. The molecule has 3 aromatic carbocycles. The molecule has 4 aromatic rings. The molecule has 2 amide bonds. The van der Waals surface area contributed by atoms with E-state index in [0.717, 1.165) is 22.0 Å². The largest absolute Gasteiger partial charge is 0.488 e. The van der Waals surface area contributed by atoms with Gasteiger partial charge >= 0.3 is 5.97 Å². The minimum atomic E-state index is -0.964. The molecule has 1 aliphatic rings. The molecule has 0 aliphatic carbocycles. The van der Waals surface area contributed by atoms with Crippen molar-refractivity contribution in [3.63, 3.8) is 0 Å². The van der Waals surface area contributed by atoms with Gasteiger partial charge in [-0.15, -0.1) is 0 Å². The van der Waals surface area contributed by atoms with E-state index in [-0.39, 0.29) is 42.4 Å². The third-order valence-electron chi connectivity index (χ3n) is 8.42. The number of amides is 2. The zero-order chi connectivity index (χ0) is 32.2. The van der Waals surface area contributed by atoms with E-state index < -0.39 is 12.0 Å². The maximum atomic E-state index is 13.8. The first kappa shape index (κ1) is 31.7. The number of hydrogen-bond donors (Lipinski definition) is 3. The standard InChI is InChI=1S/C35H40N4O6/c1-22-17-39(23(2)21-40)34(42)29-16-27(36-33(41)15-26-19-38(4)30-8-6-5-7-28(26)30)13-14-31(29)45-32(22)20-37(3)18-24-9-11-25(12-10-24)35(43)44/h5-14,16,19,22-23,32,40H,15,17-18,20-21H2,1-4H3,(H,36,41)(H,43,44)/t22-,23+,32-/m0/s1. The van der Waals surface area contributed by atoms with Crippen molar-refractivity contribution < 1.29 is 29.3 Å². The summed E-state index contributed by atoms with van der Waals surface area (Å²) < 4.78 is 8.50. The first-order valence-corrected chi connectivity index (χ1v) is 15.1. The van der Waals surface area contributed by atoms with Crippen LogP contribution in [0.5, 0.6) is 5.75 Å². The summed E-state index contributed by atoms with van der Waals surface area (Å²) in [7, 11) is 3.92. The summed E-state index contributed by atoms with van der Waals surface area (Å²) >= 11 is 0. The smallest absolute Gasteiger partial charge is 0.335 e. The van der Waals surface area contributed by atoms with Gasteiger partial charge in [-0.1, -0.05) is 37.3 Å². The fourth-order valence-corrected chi connectivity index (χ4v) is 5.90. The maximum absolute atomic E-state index is 13.8. The van der Waals surface area contributed by atoms with Crippen molar-refractivity contribution in [2.24, 2.45) is 13.0 Å². The highest BCUT2D eigenvalue weighted by Crippen LogP contribution is 2.31. The predicted molar refractivity (Wildman–Crippen MR) is 173 cm³/mol. The van der Waals surface area contributed by atoms with Gasteiger partial charge in [-0.3, -0.25) is 14.5 Å². The molecule has 0 fully saturated rings. The van der Waals surface area contributed by atoms with Gasteiger partial charge in [0, 0.05) is 55.4 Å². The lowest BCUT2D eigenvalue weighted by Gasteiger charge is -2.38. The van der Waals surface area contributed by atoms with Crippen LogP contribution in [0.4, 0.5) is 5.69 Å². The average molecular weight is 613 g/mol. The van der Waals surface area contributed by atoms with Crippen LogP contribution >= 0.6 is 0 Å². The Morgan fingerprint density at radius 3 is 2.56 bits per heavy atom. The Balaban J connectivity index is 1.35. The van der Waals surface area contributed by atoms with Crippen LogP contribution < -0.4 is 10.1 Å². The SMILES string of the molecule is C[C@H](CO)N1C[C@H](C)[C@H](CN(C)Cc2ccc(C(=O)O)cc2)Oc2ccc(NC(=O)Cc3cn(C)c4ccccc34)cc2C1=O. The predicted octanol–water partition coefficient (Wildman–Crippen LogP) is 4.41. The molecule has 3 N–H and O–H groups in total. The van der Waals surface area contributed by atoms with Crippen molar-refractivity contribution in [2.75, 3.05) is 32.1 Å². The number of aliphatic hydroxyl groups is 1. The van der Waals surface area contributed by atoms with E-state index in [1.54, 1.807) is 47.4 Å². The lowest BCUT2D eigenvalue weighted by atomic mass is 9.99. The Morgan fingerprint density at radius 2 is 1.84 bits per heavy atom. The van der Waals surface area contributed by atoms with E-state index in [9.17, 15) is 24.6 Å². The lowest BCUT2D eigenvalue weighted by Crippen LogP contribution is -2.49. The van der Waals surface area contributed by atoms with E-state index in [0.29, 0.717) is 36.6 Å². The van der Waals surface area contributed by atoms with Crippen molar-refractivity contribution >= 4 is 34.4 Å². The molecule has 0 unspecified atom stereocenters. The van der Waals surface area contributed by atoms with Gasteiger partial charge in [-0.2, -0.15) is 0 Å². The fraction of sp³-hybridized carbons (Fsp3) is 0.343. The first-order chi connectivity index (χ1) is 21.5. The normalized spacial score (nSPS) is 17.4. The minimum absolute atomic E-state index is 0.0620. The molecule has 2 heterocycles. The summed E-state index contributed by atoms with van der Waals surface area (Å²) in [5.41, 5.74) is 3.98. The Morgan fingerprint density at radius 1 is 1.11 bits per heavy atom. The van der Waals surface area contributed by atoms with Crippen LogP contribution in [-0.2, 0) is 24.8 Å². The number of anilines is 1. The Bertz CT molecular complexity index is 1700. The highest BCUT2D eigenvalue weighted by molar-refractivity contribution is 6.01. The molecule has 5 rings (SSSR count). The minimum Gasteiger partial charge on any atom is -0.488 e. The number of carboxylic acid groups (broad SMARTS) is 1. The molecule has 0 radical (unpaired) electrons. The number of benzene rings is 3. The summed E-state index contributed by atoms with van der Waals surface area (Å²) in [6.07, 6.45) is 1.85. The molecule has 3 atom stereocenters. The summed E-state index contributed by atoms with van der Waals surface area (Å²) in [6.45, 7) is 5.15. The molecule has 10 heteroatoms. The zero-order valence-corrected chi connectivity index (χ0v) is 26.1. The monoisotopic (exact) mass is 612 g/mol. The second-order valence-corrected chi connectivity index (χ2v) is 12.0. The second-order valence-electron chi connectivity index (χ2n) is 12.0. The number of hydrogen-bond acceptors (Lipinski definition) is 6. The Hall–Kier alpha value is -4.67. The molecule has 1 aromatic heterocycles. The number of para-hydroxylation sites is 1. The number of carbonyl (C=O) groups excluding carboxylic acids is 2.